The summed E-state index contributed by atoms with van der Waals surface area (Å²) in [4.78, 5) is 24.1. The highest BCUT2D eigenvalue weighted by molar-refractivity contribution is 6.01. The monoisotopic (exact) mass is 342 g/mol. The van der Waals surface area contributed by atoms with Gasteiger partial charge in [-0.1, -0.05) is 42.5 Å². The molecule has 0 fully saturated rings. The number of carbonyl (C=O) groups excluding carboxylic acids is 2. The second-order valence-corrected chi connectivity index (χ2v) is 7.67. The highest BCUT2D eigenvalue weighted by Crippen LogP contribution is 2.24. The third kappa shape index (κ3) is 4.97. The van der Waals surface area contributed by atoms with Gasteiger partial charge < -0.3 is 10.2 Å². The van der Waals surface area contributed by atoms with Gasteiger partial charge in [0.1, 0.15) is 11.2 Å². The highest BCUT2D eigenvalue weighted by atomic mass is 16.3. The van der Waals surface area contributed by atoms with E-state index < -0.39 is 11.2 Å². The Kier molecular flexibility index (Phi) is 5.45. The molecule has 1 unspecified atom stereocenters. The third-order valence-electron chi connectivity index (χ3n) is 4.30. The van der Waals surface area contributed by atoms with Crippen LogP contribution in [-0.2, 0) is 11.2 Å². The van der Waals surface area contributed by atoms with Crippen LogP contribution in [0.25, 0.3) is 0 Å². The van der Waals surface area contributed by atoms with Crippen molar-refractivity contribution in [1.29, 1.82) is 0 Å². The zero-order chi connectivity index (χ0) is 18.8. The Labute approximate surface area is 148 Å². The first-order chi connectivity index (χ1) is 11.5. The quantitative estimate of drug-likeness (QED) is 0.779. The first-order valence-corrected chi connectivity index (χ1v) is 8.48. The van der Waals surface area contributed by atoms with Crippen molar-refractivity contribution >= 4 is 11.6 Å². The number of benzene rings is 1. The van der Waals surface area contributed by atoms with Crippen LogP contribution in [0.1, 0.15) is 50.0 Å². The van der Waals surface area contributed by atoms with Crippen molar-refractivity contribution in [1.82, 2.24) is 0 Å². The van der Waals surface area contributed by atoms with Crippen LogP contribution in [0.4, 0.5) is 0 Å². The second-order valence-electron chi connectivity index (χ2n) is 7.67. The van der Waals surface area contributed by atoms with E-state index >= 15 is 0 Å². The van der Waals surface area contributed by atoms with Gasteiger partial charge in [0, 0.05) is 11.5 Å². The zero-order valence-electron chi connectivity index (χ0n) is 15.2. The Hall–Kier alpha value is -2.04. The smallest absolute Gasteiger partial charge is 0.193 e. The third-order valence-corrected chi connectivity index (χ3v) is 4.30. The van der Waals surface area contributed by atoms with Gasteiger partial charge in [0.05, 0.1) is 0 Å². The molecule has 0 bridgehead atoms. The van der Waals surface area contributed by atoms with E-state index in [0.717, 1.165) is 11.1 Å². The molecule has 0 aromatic heterocycles. The van der Waals surface area contributed by atoms with E-state index in [4.69, 9.17) is 0 Å². The Morgan fingerprint density at radius 2 is 1.64 bits per heavy atom. The SMILES string of the molecule is CC(C)(O)C(=O)c1ccc(CC2=CCC(C(=O)C(C)(C)O)C=C2)cc1. The molecule has 2 N–H and O–H groups in total. The summed E-state index contributed by atoms with van der Waals surface area (Å²) in [6, 6.07) is 7.20. The maximum atomic E-state index is 12.1. The van der Waals surface area contributed by atoms with Crippen molar-refractivity contribution in [3.8, 4) is 0 Å². The van der Waals surface area contributed by atoms with Gasteiger partial charge in [-0.3, -0.25) is 9.59 Å². The molecule has 2 rings (SSSR count). The fourth-order valence-electron chi connectivity index (χ4n) is 2.81. The van der Waals surface area contributed by atoms with Crippen LogP contribution in [-0.4, -0.2) is 33.0 Å². The molecule has 4 nitrogen and oxygen atoms in total. The summed E-state index contributed by atoms with van der Waals surface area (Å²) in [5, 5.41) is 19.6. The molecule has 1 atom stereocenters. The topological polar surface area (TPSA) is 74.6 Å². The minimum Gasteiger partial charge on any atom is -0.383 e. The maximum absolute atomic E-state index is 12.1. The van der Waals surface area contributed by atoms with Gasteiger partial charge >= 0.3 is 0 Å². The molecule has 0 heterocycles. The van der Waals surface area contributed by atoms with E-state index in [0.29, 0.717) is 18.4 Å². The van der Waals surface area contributed by atoms with Crippen LogP contribution in [0, 0.1) is 5.92 Å². The average Bonchev–Trinajstić information content (AvgIpc) is 2.53. The van der Waals surface area contributed by atoms with Gasteiger partial charge in [0.2, 0.25) is 0 Å². The van der Waals surface area contributed by atoms with E-state index in [-0.39, 0.29) is 17.5 Å². The summed E-state index contributed by atoms with van der Waals surface area (Å²) in [5.41, 5.74) is -0.0569. The molecule has 25 heavy (non-hydrogen) atoms. The van der Waals surface area contributed by atoms with E-state index in [1.165, 1.54) is 27.7 Å². The molecule has 0 aliphatic heterocycles. The van der Waals surface area contributed by atoms with E-state index in [1.54, 1.807) is 12.1 Å². The summed E-state index contributed by atoms with van der Waals surface area (Å²) in [7, 11) is 0. The lowest BCUT2D eigenvalue weighted by atomic mass is 9.85. The molecule has 0 spiro atoms. The molecule has 1 aliphatic rings. The second kappa shape index (κ2) is 7.06. The summed E-state index contributed by atoms with van der Waals surface area (Å²) >= 11 is 0. The Morgan fingerprint density at radius 1 is 1.04 bits per heavy atom. The van der Waals surface area contributed by atoms with Crippen molar-refractivity contribution in [2.75, 3.05) is 0 Å². The standard InChI is InChI=1S/C21H26O4/c1-20(2,24)18(22)16-9-5-14(6-10-16)13-15-7-11-17(12-8-15)19(23)21(3,4)25/h5-11,17,24-25H,12-13H2,1-4H3. The lowest BCUT2D eigenvalue weighted by Gasteiger charge is -2.22. The Bertz CT molecular complexity index is 710. The average molecular weight is 342 g/mol. The molecule has 1 aromatic carbocycles. The van der Waals surface area contributed by atoms with Crippen molar-refractivity contribution in [3.05, 3.63) is 59.2 Å². The van der Waals surface area contributed by atoms with Crippen LogP contribution in [0.5, 0.6) is 0 Å². The largest absolute Gasteiger partial charge is 0.383 e. The van der Waals surface area contributed by atoms with Gasteiger partial charge in [-0.15, -0.1) is 0 Å². The van der Waals surface area contributed by atoms with Gasteiger partial charge in [-0.05, 0) is 51.7 Å². The van der Waals surface area contributed by atoms with E-state index in [1.807, 2.05) is 30.4 Å². The van der Waals surface area contributed by atoms with Crippen LogP contribution in [0.2, 0.25) is 0 Å². The van der Waals surface area contributed by atoms with Gasteiger partial charge in [0.15, 0.2) is 11.6 Å². The van der Waals surface area contributed by atoms with Crippen molar-refractivity contribution in [2.24, 2.45) is 5.92 Å². The Balaban J connectivity index is 2.00. The molecule has 0 radical (unpaired) electrons. The molecule has 1 aromatic rings. The number of Topliss-reactive ketones (excluding diaryl/α,β-unsaturated/α-hetero) is 2. The van der Waals surface area contributed by atoms with Crippen molar-refractivity contribution < 1.29 is 19.8 Å². The summed E-state index contributed by atoms with van der Waals surface area (Å²) in [6.45, 7) is 5.98. The summed E-state index contributed by atoms with van der Waals surface area (Å²) in [5.74, 6) is -0.757. The first kappa shape index (κ1) is 19.3. The van der Waals surface area contributed by atoms with Gasteiger partial charge in [0.25, 0.3) is 0 Å². The van der Waals surface area contributed by atoms with Crippen LogP contribution in [0.15, 0.2) is 48.1 Å². The predicted molar refractivity (Wildman–Crippen MR) is 97.4 cm³/mol. The molecule has 134 valence electrons. The summed E-state index contributed by atoms with van der Waals surface area (Å²) in [6.07, 6.45) is 7.08. The summed E-state index contributed by atoms with van der Waals surface area (Å²) < 4.78 is 0. The van der Waals surface area contributed by atoms with Crippen molar-refractivity contribution in [2.45, 2.75) is 51.7 Å². The number of allylic oxidation sites excluding steroid dienone is 4. The molecular weight excluding hydrogens is 316 g/mol. The fourth-order valence-corrected chi connectivity index (χ4v) is 2.81. The van der Waals surface area contributed by atoms with E-state index in [9.17, 15) is 19.8 Å². The molecular formula is C21H26O4. The number of hydrogen-bond acceptors (Lipinski definition) is 4. The van der Waals surface area contributed by atoms with Crippen molar-refractivity contribution in [3.63, 3.8) is 0 Å². The number of ketones is 2. The minimum atomic E-state index is -1.38. The first-order valence-electron chi connectivity index (χ1n) is 8.48. The molecule has 1 aliphatic carbocycles. The minimum absolute atomic E-state index is 0.173. The fraction of sp³-hybridized carbons (Fsp3) is 0.429. The maximum Gasteiger partial charge on any atom is 0.193 e. The Morgan fingerprint density at radius 3 is 2.08 bits per heavy atom. The number of carbonyl (C=O) groups is 2. The number of hydrogen-bond donors (Lipinski definition) is 2. The molecule has 0 saturated heterocycles. The zero-order valence-corrected chi connectivity index (χ0v) is 15.2. The lowest BCUT2D eigenvalue weighted by Crippen LogP contribution is -2.36. The van der Waals surface area contributed by atoms with Gasteiger partial charge in [-0.2, -0.15) is 0 Å². The van der Waals surface area contributed by atoms with Crippen LogP contribution in [0.3, 0.4) is 0 Å². The normalized spacial score (nSPS) is 18.0. The molecule has 0 amide bonds. The lowest BCUT2D eigenvalue weighted by molar-refractivity contribution is -0.136. The molecule has 0 saturated carbocycles. The van der Waals surface area contributed by atoms with Crippen LogP contribution < -0.4 is 0 Å². The predicted octanol–water partition coefficient (Wildman–Crippen LogP) is 3.03. The van der Waals surface area contributed by atoms with Gasteiger partial charge in [-0.25, -0.2) is 0 Å². The van der Waals surface area contributed by atoms with Crippen LogP contribution >= 0.6 is 0 Å². The molecule has 4 heteroatoms. The highest BCUT2D eigenvalue weighted by Gasteiger charge is 2.30. The number of aliphatic hydroxyl groups is 2. The number of rotatable bonds is 6. The van der Waals surface area contributed by atoms with E-state index in [2.05, 4.69) is 0 Å².